The van der Waals surface area contributed by atoms with Gasteiger partial charge in [-0.05, 0) is 18.9 Å². The summed E-state index contributed by atoms with van der Waals surface area (Å²) in [6.07, 6.45) is 6.95. The smallest absolute Gasteiger partial charge is 0.408 e. The van der Waals surface area contributed by atoms with Crippen LogP contribution in [0, 0.1) is 12.8 Å². The van der Waals surface area contributed by atoms with Gasteiger partial charge in [0.1, 0.15) is 6.04 Å². The third-order valence-corrected chi connectivity index (χ3v) is 3.87. The average Bonchev–Trinajstić information content (AvgIpc) is 2.90. The van der Waals surface area contributed by atoms with Crippen molar-refractivity contribution in [1.82, 2.24) is 5.32 Å². The number of aryl methyl sites for hydroxylation is 1. The molecule has 21 heavy (non-hydrogen) atoms. The molecule has 0 aromatic heterocycles. The van der Waals surface area contributed by atoms with Crippen LogP contribution in [0.5, 0.6) is 0 Å². The molecule has 1 N–H and O–H groups in total. The van der Waals surface area contributed by atoms with Crippen molar-refractivity contribution in [2.45, 2.75) is 25.5 Å². The Morgan fingerprint density at radius 3 is 2.67 bits per heavy atom. The Balaban J connectivity index is 1.83. The number of rotatable bonds is 3. The van der Waals surface area contributed by atoms with E-state index in [2.05, 4.69) is 5.32 Å². The van der Waals surface area contributed by atoms with E-state index in [-0.39, 0.29) is 11.7 Å². The fourth-order valence-corrected chi connectivity index (χ4v) is 2.68. The summed E-state index contributed by atoms with van der Waals surface area (Å²) < 4.78 is 5.22. The molecule has 0 radical (unpaired) electrons. The van der Waals surface area contributed by atoms with Crippen LogP contribution in [-0.4, -0.2) is 18.0 Å². The summed E-state index contributed by atoms with van der Waals surface area (Å²) in [6, 6.07) is 7.36. The monoisotopic (exact) mass is 283 g/mol. The molecule has 3 atom stereocenters. The number of cyclic esters (lactones) is 1. The SMILES string of the molecule is Cc1ccc([C@@H]2NC(=O)OC2C(=O)C2C=CC=CC2)cc1. The lowest BCUT2D eigenvalue weighted by Gasteiger charge is -2.20. The van der Waals surface area contributed by atoms with Crippen LogP contribution in [-0.2, 0) is 9.53 Å². The van der Waals surface area contributed by atoms with Crippen LogP contribution in [0.4, 0.5) is 4.79 Å². The number of allylic oxidation sites excluding steroid dienone is 4. The molecule has 0 spiro atoms. The molecule has 1 amide bonds. The summed E-state index contributed by atoms with van der Waals surface area (Å²) in [6.45, 7) is 2.00. The summed E-state index contributed by atoms with van der Waals surface area (Å²) >= 11 is 0. The normalized spacial score (nSPS) is 27.3. The van der Waals surface area contributed by atoms with Crippen molar-refractivity contribution in [2.75, 3.05) is 0 Å². The summed E-state index contributed by atoms with van der Waals surface area (Å²) in [5.41, 5.74) is 2.02. The largest absolute Gasteiger partial charge is 0.436 e. The lowest BCUT2D eigenvalue weighted by molar-refractivity contribution is -0.129. The van der Waals surface area contributed by atoms with Gasteiger partial charge in [0.05, 0.1) is 0 Å². The Kier molecular flexibility index (Phi) is 3.60. The third kappa shape index (κ3) is 2.75. The van der Waals surface area contributed by atoms with Crippen molar-refractivity contribution in [3.63, 3.8) is 0 Å². The van der Waals surface area contributed by atoms with E-state index in [1.54, 1.807) is 0 Å². The van der Waals surface area contributed by atoms with Crippen LogP contribution in [0.1, 0.15) is 23.6 Å². The maximum absolute atomic E-state index is 12.6. The van der Waals surface area contributed by atoms with Gasteiger partial charge in [0.15, 0.2) is 11.9 Å². The van der Waals surface area contributed by atoms with E-state index in [1.807, 2.05) is 55.5 Å². The number of carbonyl (C=O) groups is 2. The maximum atomic E-state index is 12.6. The number of alkyl carbamates (subject to hydrolysis) is 1. The number of benzene rings is 1. The van der Waals surface area contributed by atoms with Gasteiger partial charge in [-0.2, -0.15) is 0 Å². The lowest BCUT2D eigenvalue weighted by Crippen LogP contribution is -2.33. The number of hydrogen-bond donors (Lipinski definition) is 1. The predicted octanol–water partition coefficient (Wildman–Crippen LogP) is 2.85. The third-order valence-electron chi connectivity index (χ3n) is 3.87. The topological polar surface area (TPSA) is 55.4 Å². The fourth-order valence-electron chi connectivity index (χ4n) is 2.68. The Hall–Kier alpha value is -2.36. The minimum absolute atomic E-state index is 0.0560. The Labute approximate surface area is 123 Å². The molecule has 1 fully saturated rings. The molecular formula is C17H17NO3. The molecule has 3 rings (SSSR count). The van der Waals surface area contributed by atoms with Gasteiger partial charge in [-0.15, -0.1) is 0 Å². The van der Waals surface area contributed by atoms with Crippen molar-refractivity contribution in [1.29, 1.82) is 0 Å². The van der Waals surface area contributed by atoms with Crippen LogP contribution in [0.25, 0.3) is 0 Å². The zero-order valence-corrected chi connectivity index (χ0v) is 11.8. The van der Waals surface area contributed by atoms with Crippen LogP contribution in [0.2, 0.25) is 0 Å². The van der Waals surface area contributed by atoms with E-state index in [0.717, 1.165) is 11.1 Å². The van der Waals surface area contributed by atoms with Crippen molar-refractivity contribution >= 4 is 11.9 Å². The van der Waals surface area contributed by atoms with Crippen LogP contribution >= 0.6 is 0 Å². The molecule has 0 bridgehead atoms. The lowest BCUT2D eigenvalue weighted by atomic mass is 9.88. The van der Waals surface area contributed by atoms with Gasteiger partial charge < -0.3 is 10.1 Å². The molecule has 0 saturated carbocycles. The molecule has 1 saturated heterocycles. The van der Waals surface area contributed by atoms with Gasteiger partial charge in [-0.3, -0.25) is 4.79 Å². The molecule has 2 unspecified atom stereocenters. The van der Waals surface area contributed by atoms with Gasteiger partial charge in [-0.25, -0.2) is 4.79 Å². The quantitative estimate of drug-likeness (QED) is 0.928. The van der Waals surface area contributed by atoms with Crippen molar-refractivity contribution < 1.29 is 14.3 Å². The first kappa shape index (κ1) is 13.6. The van der Waals surface area contributed by atoms with Crippen LogP contribution < -0.4 is 5.32 Å². The van der Waals surface area contributed by atoms with Gasteiger partial charge in [0.2, 0.25) is 0 Å². The summed E-state index contributed by atoms with van der Waals surface area (Å²) in [5.74, 6) is -0.278. The van der Waals surface area contributed by atoms with Gasteiger partial charge in [0, 0.05) is 5.92 Å². The molecule has 1 aliphatic heterocycles. The van der Waals surface area contributed by atoms with E-state index in [0.29, 0.717) is 6.42 Å². The number of nitrogens with one attached hydrogen (secondary N) is 1. The molecule has 4 heteroatoms. The second-order valence-corrected chi connectivity index (χ2v) is 5.42. The Morgan fingerprint density at radius 2 is 2.00 bits per heavy atom. The average molecular weight is 283 g/mol. The maximum Gasteiger partial charge on any atom is 0.408 e. The highest BCUT2D eigenvalue weighted by Crippen LogP contribution is 2.29. The second-order valence-electron chi connectivity index (χ2n) is 5.42. The molecule has 4 nitrogen and oxygen atoms in total. The van der Waals surface area contributed by atoms with E-state index >= 15 is 0 Å². The Bertz CT molecular complexity index is 615. The van der Waals surface area contributed by atoms with Gasteiger partial charge >= 0.3 is 6.09 Å². The molecule has 1 aromatic rings. The van der Waals surface area contributed by atoms with E-state index in [9.17, 15) is 9.59 Å². The molecule has 1 heterocycles. The highest BCUT2D eigenvalue weighted by Gasteiger charge is 2.42. The van der Waals surface area contributed by atoms with E-state index in [4.69, 9.17) is 4.74 Å². The highest BCUT2D eigenvalue weighted by atomic mass is 16.6. The Morgan fingerprint density at radius 1 is 1.24 bits per heavy atom. The molecule has 2 aliphatic rings. The first-order chi connectivity index (χ1) is 10.1. The van der Waals surface area contributed by atoms with Gasteiger partial charge in [0.25, 0.3) is 0 Å². The number of carbonyl (C=O) groups excluding carboxylic acids is 2. The number of ketones is 1. The summed E-state index contributed by atoms with van der Waals surface area (Å²) in [7, 11) is 0. The fraction of sp³-hybridized carbons (Fsp3) is 0.294. The molecular weight excluding hydrogens is 266 g/mol. The standard InChI is InChI=1S/C17H17NO3/c1-11-7-9-12(10-8-11)14-16(21-17(20)18-14)15(19)13-5-3-2-4-6-13/h2-5,7-10,13-14,16H,6H2,1H3,(H,18,20)/t13?,14-,16?/m0/s1. The van der Waals surface area contributed by atoms with Crippen molar-refractivity contribution in [3.8, 4) is 0 Å². The van der Waals surface area contributed by atoms with Crippen molar-refractivity contribution in [2.24, 2.45) is 5.92 Å². The first-order valence-corrected chi connectivity index (χ1v) is 7.06. The zero-order chi connectivity index (χ0) is 14.8. The minimum Gasteiger partial charge on any atom is -0.436 e. The molecule has 108 valence electrons. The van der Waals surface area contributed by atoms with E-state index < -0.39 is 18.2 Å². The number of hydrogen-bond acceptors (Lipinski definition) is 3. The highest BCUT2D eigenvalue weighted by molar-refractivity contribution is 5.92. The zero-order valence-electron chi connectivity index (χ0n) is 11.8. The molecule has 1 aliphatic carbocycles. The van der Waals surface area contributed by atoms with Crippen LogP contribution in [0.15, 0.2) is 48.6 Å². The first-order valence-electron chi connectivity index (χ1n) is 7.06. The van der Waals surface area contributed by atoms with E-state index in [1.165, 1.54) is 0 Å². The predicted molar refractivity (Wildman–Crippen MR) is 78.7 cm³/mol. The van der Waals surface area contributed by atoms with Crippen molar-refractivity contribution in [3.05, 3.63) is 59.7 Å². The van der Waals surface area contributed by atoms with Crippen LogP contribution in [0.3, 0.4) is 0 Å². The molecule has 1 aromatic carbocycles. The summed E-state index contributed by atoms with van der Waals surface area (Å²) in [5, 5.41) is 2.74. The summed E-state index contributed by atoms with van der Waals surface area (Å²) in [4.78, 5) is 24.2. The van der Waals surface area contributed by atoms with Gasteiger partial charge in [-0.1, -0.05) is 54.1 Å². The number of amides is 1. The second kappa shape index (κ2) is 5.56. The number of ether oxygens (including phenoxy) is 1. The minimum atomic E-state index is -0.763. The number of Topliss-reactive ketones (excluding diaryl/α,β-unsaturated/α-hetero) is 1.